The van der Waals surface area contributed by atoms with E-state index in [1.165, 1.54) is 18.2 Å². The number of benzene rings is 2. The van der Waals surface area contributed by atoms with E-state index in [4.69, 9.17) is 10.5 Å². The number of hydrogen-bond acceptors (Lipinski definition) is 3. The number of carbonyl (C=O) groups is 1. The van der Waals surface area contributed by atoms with Crippen LogP contribution >= 0.6 is 0 Å². The number of hydrogen-bond donors (Lipinski definition) is 1. The zero-order valence-corrected chi connectivity index (χ0v) is 17.4. The van der Waals surface area contributed by atoms with Crippen LogP contribution in [0.2, 0.25) is 0 Å². The molecule has 0 radical (unpaired) electrons. The van der Waals surface area contributed by atoms with Gasteiger partial charge >= 0.3 is 5.97 Å². The Morgan fingerprint density at radius 2 is 1.90 bits per heavy atom. The molecule has 0 saturated carbocycles. The lowest BCUT2D eigenvalue weighted by Crippen LogP contribution is -2.18. The third-order valence-electron chi connectivity index (χ3n) is 4.95. The fraction of sp³-hybridized carbons (Fsp3) is 0.375. The first-order valence-electron chi connectivity index (χ1n) is 10.1. The smallest absolute Gasteiger partial charge is 0.307 e. The van der Waals surface area contributed by atoms with E-state index in [-0.39, 0.29) is 24.2 Å². The van der Waals surface area contributed by atoms with Crippen molar-refractivity contribution in [3.63, 3.8) is 0 Å². The maximum Gasteiger partial charge on any atom is 0.307 e. The lowest BCUT2D eigenvalue weighted by atomic mass is 9.89. The minimum Gasteiger partial charge on any atom is -0.466 e. The number of esters is 1. The van der Waals surface area contributed by atoms with Gasteiger partial charge in [-0.25, -0.2) is 13.2 Å². The summed E-state index contributed by atoms with van der Waals surface area (Å²) in [6.45, 7) is 7.20. The van der Waals surface area contributed by atoms with Crippen molar-refractivity contribution >= 4 is 5.97 Å². The molecule has 162 valence electrons. The molecule has 0 heterocycles. The molecule has 6 heteroatoms. The summed E-state index contributed by atoms with van der Waals surface area (Å²) in [5, 5.41) is 0. The van der Waals surface area contributed by atoms with Gasteiger partial charge in [0.05, 0.1) is 13.0 Å². The molecule has 0 aliphatic rings. The molecule has 30 heavy (non-hydrogen) atoms. The van der Waals surface area contributed by atoms with Crippen LogP contribution in [0.1, 0.15) is 55.3 Å². The molecule has 2 aromatic carbocycles. The molecule has 2 aromatic rings. The molecule has 2 N–H and O–H groups in total. The van der Waals surface area contributed by atoms with Gasteiger partial charge in [0.1, 0.15) is 17.5 Å². The maximum absolute atomic E-state index is 14.8. The van der Waals surface area contributed by atoms with Crippen molar-refractivity contribution in [3.8, 4) is 11.1 Å². The van der Waals surface area contributed by atoms with E-state index >= 15 is 0 Å². The molecule has 0 amide bonds. The normalized spacial score (nSPS) is 11.9. The fourth-order valence-electron chi connectivity index (χ4n) is 3.48. The predicted octanol–water partition coefficient (Wildman–Crippen LogP) is 5.93. The Morgan fingerprint density at radius 3 is 2.57 bits per heavy atom. The van der Waals surface area contributed by atoms with Gasteiger partial charge in [-0.1, -0.05) is 6.08 Å². The van der Waals surface area contributed by atoms with Crippen LogP contribution in [0.25, 0.3) is 11.1 Å². The van der Waals surface area contributed by atoms with E-state index in [2.05, 4.69) is 6.58 Å². The highest BCUT2D eigenvalue weighted by Gasteiger charge is 2.21. The van der Waals surface area contributed by atoms with E-state index in [1.54, 1.807) is 19.9 Å². The zero-order chi connectivity index (χ0) is 22.3. The number of ether oxygens (including phenoxy) is 1. The molecule has 0 aromatic heterocycles. The number of aryl methyl sites for hydroxylation is 2. The van der Waals surface area contributed by atoms with Crippen LogP contribution in [0.15, 0.2) is 36.9 Å². The number of unbranched alkanes of at least 4 members (excludes halogenated alkanes) is 2. The molecular formula is C24H28F3NO2. The SMILES string of the molecule is C=CCCCCc1cc(F)cc(F)c1-c1cc([C@@H](N)CC(=O)OCC)c(F)cc1C. The summed E-state index contributed by atoms with van der Waals surface area (Å²) in [5.41, 5.74) is 7.80. The Balaban J connectivity index is 2.47. The quantitative estimate of drug-likeness (QED) is 0.295. The minimum atomic E-state index is -0.942. The average molecular weight is 419 g/mol. The summed E-state index contributed by atoms with van der Waals surface area (Å²) >= 11 is 0. The number of allylic oxidation sites excluding steroid dienone is 1. The van der Waals surface area contributed by atoms with Crippen LogP contribution in [0.3, 0.4) is 0 Å². The molecule has 0 aliphatic heterocycles. The number of halogens is 3. The predicted molar refractivity (Wildman–Crippen MR) is 112 cm³/mol. The Bertz CT molecular complexity index is 912. The average Bonchev–Trinajstić information content (AvgIpc) is 2.66. The van der Waals surface area contributed by atoms with Gasteiger partial charge in [-0.05, 0) is 74.4 Å². The summed E-state index contributed by atoms with van der Waals surface area (Å²) in [6, 6.07) is 3.91. The molecule has 0 aliphatic carbocycles. The van der Waals surface area contributed by atoms with Crippen LogP contribution in [-0.4, -0.2) is 12.6 Å². The highest BCUT2D eigenvalue weighted by atomic mass is 19.1. The molecule has 0 bridgehead atoms. The molecule has 2 rings (SSSR count). The second-order valence-corrected chi connectivity index (χ2v) is 7.26. The number of rotatable bonds is 10. The fourth-order valence-corrected chi connectivity index (χ4v) is 3.48. The highest BCUT2D eigenvalue weighted by Crippen LogP contribution is 2.35. The summed E-state index contributed by atoms with van der Waals surface area (Å²) < 4.78 is 48.2. The monoisotopic (exact) mass is 419 g/mol. The number of carbonyl (C=O) groups excluding carboxylic acids is 1. The molecule has 0 spiro atoms. The third kappa shape index (κ3) is 5.95. The van der Waals surface area contributed by atoms with Crippen molar-refractivity contribution in [3.05, 3.63) is 71.1 Å². The van der Waals surface area contributed by atoms with E-state index in [9.17, 15) is 18.0 Å². The van der Waals surface area contributed by atoms with Crippen LogP contribution < -0.4 is 5.73 Å². The van der Waals surface area contributed by atoms with Gasteiger partial charge in [-0.15, -0.1) is 6.58 Å². The van der Waals surface area contributed by atoms with Gasteiger partial charge in [0.2, 0.25) is 0 Å². The Morgan fingerprint density at radius 1 is 1.17 bits per heavy atom. The van der Waals surface area contributed by atoms with Gasteiger partial charge in [0.15, 0.2) is 0 Å². The Labute approximate surface area is 175 Å². The van der Waals surface area contributed by atoms with Gasteiger partial charge in [0.25, 0.3) is 0 Å². The highest BCUT2D eigenvalue weighted by molar-refractivity contribution is 5.73. The number of nitrogens with two attached hydrogens (primary N) is 1. The zero-order valence-electron chi connectivity index (χ0n) is 17.4. The molecular weight excluding hydrogens is 391 g/mol. The van der Waals surface area contributed by atoms with E-state index < -0.39 is 29.5 Å². The molecule has 0 unspecified atom stereocenters. The molecule has 0 fully saturated rings. The van der Waals surface area contributed by atoms with Gasteiger partial charge in [-0.3, -0.25) is 4.79 Å². The third-order valence-corrected chi connectivity index (χ3v) is 4.95. The van der Waals surface area contributed by atoms with E-state index in [0.29, 0.717) is 23.1 Å². The molecule has 3 nitrogen and oxygen atoms in total. The lowest BCUT2D eigenvalue weighted by molar-refractivity contribution is -0.143. The van der Waals surface area contributed by atoms with Crippen molar-refractivity contribution in [2.24, 2.45) is 5.73 Å². The van der Waals surface area contributed by atoms with Crippen molar-refractivity contribution < 1.29 is 22.7 Å². The van der Waals surface area contributed by atoms with Crippen molar-refractivity contribution in [1.82, 2.24) is 0 Å². The van der Waals surface area contributed by atoms with Crippen LogP contribution in [0, 0.1) is 24.4 Å². The van der Waals surface area contributed by atoms with Crippen LogP contribution in [0.4, 0.5) is 13.2 Å². The van der Waals surface area contributed by atoms with Gasteiger partial charge < -0.3 is 10.5 Å². The minimum absolute atomic E-state index is 0.0879. The lowest BCUT2D eigenvalue weighted by Gasteiger charge is -2.18. The first-order valence-corrected chi connectivity index (χ1v) is 10.1. The topological polar surface area (TPSA) is 52.3 Å². The summed E-state index contributed by atoms with van der Waals surface area (Å²) in [7, 11) is 0. The largest absolute Gasteiger partial charge is 0.466 e. The van der Waals surface area contributed by atoms with Gasteiger partial charge in [-0.2, -0.15) is 0 Å². The first-order chi connectivity index (χ1) is 14.3. The first kappa shape index (κ1) is 23.7. The van der Waals surface area contributed by atoms with Crippen molar-refractivity contribution in [2.45, 2.75) is 52.0 Å². The van der Waals surface area contributed by atoms with Crippen LogP contribution in [0.5, 0.6) is 0 Å². The second kappa shape index (κ2) is 11.0. The van der Waals surface area contributed by atoms with Crippen molar-refractivity contribution in [1.29, 1.82) is 0 Å². The van der Waals surface area contributed by atoms with E-state index in [1.807, 2.05) is 0 Å². The standard InChI is InChI=1S/C24H28F3NO2/c1-4-6-7-8-9-16-11-17(25)12-21(27)24(16)18-13-19(20(26)10-15(18)3)22(28)14-23(29)30-5-2/h4,10-13,22H,1,5-9,14,28H2,2-3H3/t22-/m0/s1. The Kier molecular flexibility index (Phi) is 8.66. The van der Waals surface area contributed by atoms with Crippen molar-refractivity contribution in [2.75, 3.05) is 6.61 Å². The second-order valence-electron chi connectivity index (χ2n) is 7.26. The molecule has 1 atom stereocenters. The summed E-state index contributed by atoms with van der Waals surface area (Å²) in [5.74, 6) is -2.49. The maximum atomic E-state index is 14.8. The van der Waals surface area contributed by atoms with E-state index in [0.717, 1.165) is 25.3 Å². The Hall–Kier alpha value is -2.60. The van der Waals surface area contributed by atoms with Crippen LogP contribution in [-0.2, 0) is 16.0 Å². The van der Waals surface area contributed by atoms with Gasteiger partial charge in [0, 0.05) is 23.2 Å². The molecule has 0 saturated heterocycles. The summed E-state index contributed by atoms with van der Waals surface area (Å²) in [4.78, 5) is 11.7. The summed E-state index contributed by atoms with van der Waals surface area (Å²) in [6.07, 6.45) is 4.47.